The monoisotopic (exact) mass is 475 g/mol. The smallest absolute Gasteiger partial charge is 0.238 e. The number of unbranched alkanes of at least 4 members (excludes halogenated alkanes) is 1. The van der Waals surface area contributed by atoms with E-state index in [9.17, 15) is 9.59 Å². The second-order valence-corrected chi connectivity index (χ2v) is 9.56. The SMILES string of the molecule is CC(=O)N1CCC2(CC1)C(=O)N(Cc1cc3cc(Cl)ccc3n1CCCC#N)c1cnccc12. The van der Waals surface area contributed by atoms with Crippen molar-refractivity contribution in [3.63, 3.8) is 0 Å². The fourth-order valence-corrected chi connectivity index (χ4v) is 5.69. The maximum atomic E-state index is 14.0. The van der Waals surface area contributed by atoms with Crippen molar-refractivity contribution in [2.45, 2.75) is 51.1 Å². The second kappa shape index (κ2) is 8.77. The van der Waals surface area contributed by atoms with E-state index in [1.807, 2.05) is 34.1 Å². The summed E-state index contributed by atoms with van der Waals surface area (Å²) in [5, 5.41) is 10.7. The van der Waals surface area contributed by atoms with Crippen LogP contribution < -0.4 is 4.90 Å². The molecule has 174 valence electrons. The molecule has 2 aliphatic rings. The van der Waals surface area contributed by atoms with Crippen LogP contribution in [-0.2, 0) is 28.1 Å². The van der Waals surface area contributed by atoms with Crippen molar-refractivity contribution in [1.29, 1.82) is 5.26 Å². The largest absolute Gasteiger partial charge is 0.343 e. The number of pyridine rings is 1. The first-order chi connectivity index (χ1) is 16.4. The van der Waals surface area contributed by atoms with Crippen molar-refractivity contribution in [1.82, 2.24) is 14.5 Å². The van der Waals surface area contributed by atoms with Gasteiger partial charge in [-0.1, -0.05) is 11.6 Å². The number of amides is 2. The Bertz CT molecular complexity index is 1320. The van der Waals surface area contributed by atoms with Gasteiger partial charge in [-0.05, 0) is 55.2 Å². The average Bonchev–Trinajstić information content (AvgIpc) is 3.28. The third-order valence-corrected chi connectivity index (χ3v) is 7.50. The Morgan fingerprint density at radius 2 is 2.03 bits per heavy atom. The van der Waals surface area contributed by atoms with Crippen LogP contribution in [0.1, 0.15) is 43.9 Å². The highest BCUT2D eigenvalue weighted by Crippen LogP contribution is 2.48. The lowest BCUT2D eigenvalue weighted by Crippen LogP contribution is -2.49. The normalized spacial score (nSPS) is 16.8. The van der Waals surface area contributed by atoms with Crippen molar-refractivity contribution in [3.8, 4) is 6.07 Å². The first-order valence-corrected chi connectivity index (χ1v) is 12.0. The van der Waals surface area contributed by atoms with Crippen molar-refractivity contribution in [2.24, 2.45) is 0 Å². The number of rotatable bonds is 5. The zero-order valence-corrected chi connectivity index (χ0v) is 19.9. The molecule has 2 aliphatic heterocycles. The van der Waals surface area contributed by atoms with E-state index in [1.165, 1.54) is 0 Å². The van der Waals surface area contributed by atoms with E-state index in [2.05, 4.69) is 21.7 Å². The lowest BCUT2D eigenvalue weighted by molar-refractivity contribution is -0.133. The van der Waals surface area contributed by atoms with E-state index in [4.69, 9.17) is 16.9 Å². The van der Waals surface area contributed by atoms with E-state index >= 15 is 0 Å². The van der Waals surface area contributed by atoms with E-state index in [0.717, 1.165) is 34.3 Å². The number of halogens is 1. The van der Waals surface area contributed by atoms with Crippen molar-refractivity contribution in [3.05, 3.63) is 59.0 Å². The van der Waals surface area contributed by atoms with Crippen LogP contribution in [-0.4, -0.2) is 39.4 Å². The molecule has 1 aromatic carbocycles. The number of benzene rings is 1. The zero-order chi connectivity index (χ0) is 23.9. The van der Waals surface area contributed by atoms with Crippen LogP contribution in [0.4, 0.5) is 5.69 Å². The van der Waals surface area contributed by atoms with Gasteiger partial charge in [-0.2, -0.15) is 5.26 Å². The molecule has 0 saturated carbocycles. The number of nitriles is 1. The van der Waals surface area contributed by atoms with Gasteiger partial charge in [0.05, 0.1) is 29.9 Å². The maximum Gasteiger partial charge on any atom is 0.238 e. The van der Waals surface area contributed by atoms with E-state index in [1.54, 1.807) is 19.3 Å². The maximum absolute atomic E-state index is 14.0. The molecular formula is C26H26ClN5O2. The fraction of sp³-hybridized carbons (Fsp3) is 0.385. The fourth-order valence-electron chi connectivity index (χ4n) is 5.50. The first kappa shape index (κ1) is 22.4. The number of piperidine rings is 1. The molecule has 4 heterocycles. The summed E-state index contributed by atoms with van der Waals surface area (Å²) in [5.41, 5.74) is 3.27. The summed E-state index contributed by atoms with van der Waals surface area (Å²) in [6, 6.07) is 12.0. The third kappa shape index (κ3) is 3.63. The van der Waals surface area contributed by atoms with E-state index in [-0.39, 0.29) is 11.8 Å². The Labute approximate surface area is 203 Å². The zero-order valence-electron chi connectivity index (χ0n) is 19.1. The quantitative estimate of drug-likeness (QED) is 0.511. The molecule has 0 bridgehead atoms. The molecule has 8 heteroatoms. The van der Waals surface area contributed by atoms with Crippen LogP contribution in [0.5, 0.6) is 0 Å². The van der Waals surface area contributed by atoms with Gasteiger partial charge in [-0.25, -0.2) is 0 Å². The minimum absolute atomic E-state index is 0.0488. The number of carbonyl (C=O) groups is 2. The number of nitrogens with zero attached hydrogens (tertiary/aromatic N) is 5. The van der Waals surface area contributed by atoms with Gasteiger partial charge in [0.2, 0.25) is 11.8 Å². The summed E-state index contributed by atoms with van der Waals surface area (Å²) < 4.78 is 2.19. The van der Waals surface area contributed by atoms with Gasteiger partial charge in [-0.3, -0.25) is 14.6 Å². The molecule has 0 unspecified atom stereocenters. The summed E-state index contributed by atoms with van der Waals surface area (Å²) in [7, 11) is 0. The van der Waals surface area contributed by atoms with Gasteiger partial charge in [0.15, 0.2) is 0 Å². The molecule has 1 spiro atoms. The van der Waals surface area contributed by atoms with Gasteiger partial charge in [-0.15, -0.1) is 0 Å². The molecule has 5 rings (SSSR count). The number of anilines is 1. The third-order valence-electron chi connectivity index (χ3n) is 7.26. The molecule has 0 aliphatic carbocycles. The van der Waals surface area contributed by atoms with Crippen LogP contribution in [0.2, 0.25) is 5.02 Å². The van der Waals surface area contributed by atoms with Crippen molar-refractivity contribution < 1.29 is 9.59 Å². The number of aryl methyl sites for hydroxylation is 1. The molecule has 1 saturated heterocycles. The highest BCUT2D eigenvalue weighted by atomic mass is 35.5. The molecule has 0 radical (unpaired) electrons. The molecule has 7 nitrogen and oxygen atoms in total. The van der Waals surface area contributed by atoms with Crippen molar-refractivity contribution >= 4 is 40.0 Å². The summed E-state index contributed by atoms with van der Waals surface area (Å²) in [5.74, 6) is 0.123. The average molecular weight is 476 g/mol. The summed E-state index contributed by atoms with van der Waals surface area (Å²) in [6.45, 7) is 3.83. The number of likely N-dealkylation sites (tertiary alicyclic amines) is 1. The van der Waals surface area contributed by atoms with Crippen LogP contribution in [0.25, 0.3) is 10.9 Å². The Hall–Kier alpha value is -3.37. The Morgan fingerprint density at radius 1 is 1.24 bits per heavy atom. The van der Waals surface area contributed by atoms with Crippen LogP contribution in [0.3, 0.4) is 0 Å². The molecule has 0 N–H and O–H groups in total. The predicted molar refractivity (Wildman–Crippen MR) is 130 cm³/mol. The highest BCUT2D eigenvalue weighted by molar-refractivity contribution is 6.31. The standard InChI is InChI=1S/C26H26ClN5O2/c1-18(33)30-12-7-26(8-13-30)22-6-10-29-16-24(22)32(25(26)34)17-21-15-19-14-20(27)4-5-23(19)31(21)11-3-2-9-28/h4-6,10,14-16H,2-3,7-8,11-13,17H2,1H3. The molecule has 2 aromatic heterocycles. The van der Waals surface area contributed by atoms with Crippen LogP contribution in [0.15, 0.2) is 42.7 Å². The highest BCUT2D eigenvalue weighted by Gasteiger charge is 2.52. The molecule has 3 aromatic rings. The topological polar surface area (TPSA) is 82.2 Å². The van der Waals surface area contributed by atoms with Crippen LogP contribution in [0, 0.1) is 11.3 Å². The minimum atomic E-state index is -0.620. The van der Waals surface area contributed by atoms with Crippen molar-refractivity contribution in [2.75, 3.05) is 18.0 Å². The van der Waals surface area contributed by atoms with Gasteiger partial charge in [0.1, 0.15) is 0 Å². The van der Waals surface area contributed by atoms with Gasteiger partial charge in [0.25, 0.3) is 0 Å². The first-order valence-electron chi connectivity index (χ1n) is 11.6. The molecule has 1 fully saturated rings. The van der Waals surface area contributed by atoms with Gasteiger partial charge >= 0.3 is 0 Å². The summed E-state index contributed by atoms with van der Waals surface area (Å²) in [4.78, 5) is 33.9. The summed E-state index contributed by atoms with van der Waals surface area (Å²) in [6.07, 6.45) is 5.94. The van der Waals surface area contributed by atoms with Gasteiger partial charge in [0, 0.05) is 60.8 Å². The second-order valence-electron chi connectivity index (χ2n) is 9.12. The van der Waals surface area contributed by atoms with Crippen LogP contribution >= 0.6 is 11.6 Å². The predicted octanol–water partition coefficient (Wildman–Crippen LogP) is 4.42. The lowest BCUT2D eigenvalue weighted by atomic mass is 9.74. The molecule has 2 amide bonds. The molecular weight excluding hydrogens is 450 g/mol. The Balaban J connectivity index is 1.52. The molecule has 0 atom stereocenters. The minimum Gasteiger partial charge on any atom is -0.343 e. The Morgan fingerprint density at radius 3 is 2.76 bits per heavy atom. The number of aromatic nitrogens is 2. The Kier molecular flexibility index (Phi) is 5.78. The number of hydrogen-bond acceptors (Lipinski definition) is 4. The number of hydrogen-bond donors (Lipinski definition) is 0. The van der Waals surface area contributed by atoms with Gasteiger partial charge < -0.3 is 14.4 Å². The summed E-state index contributed by atoms with van der Waals surface area (Å²) >= 11 is 6.25. The lowest BCUT2D eigenvalue weighted by Gasteiger charge is -2.38. The number of carbonyl (C=O) groups excluding carboxylic acids is 2. The van der Waals surface area contributed by atoms with E-state index < -0.39 is 5.41 Å². The molecule has 34 heavy (non-hydrogen) atoms. The van der Waals surface area contributed by atoms with E-state index in [0.29, 0.717) is 50.5 Å². The number of fused-ring (bicyclic) bond motifs is 3.